The van der Waals surface area contributed by atoms with Gasteiger partial charge >= 0.3 is 0 Å². The Morgan fingerprint density at radius 1 is 1.16 bits per heavy atom. The summed E-state index contributed by atoms with van der Waals surface area (Å²) in [7, 11) is 0. The van der Waals surface area contributed by atoms with Gasteiger partial charge in [-0.05, 0) is 48.2 Å². The smallest absolute Gasteiger partial charge is 0.223 e. The molecule has 1 saturated heterocycles. The van der Waals surface area contributed by atoms with Crippen LogP contribution >= 0.6 is 11.3 Å². The average molecular weight is 361 g/mol. The number of benzene rings is 1. The third kappa shape index (κ3) is 4.80. The van der Waals surface area contributed by atoms with Crippen molar-refractivity contribution >= 4 is 22.9 Å². The maximum Gasteiger partial charge on any atom is 0.223 e. The van der Waals surface area contributed by atoms with Crippen LogP contribution < -0.4 is 10.2 Å². The van der Waals surface area contributed by atoms with Crippen LogP contribution in [-0.4, -0.2) is 43.5 Å². The van der Waals surface area contributed by atoms with E-state index < -0.39 is 0 Å². The first-order valence-electron chi connectivity index (χ1n) is 8.65. The lowest BCUT2D eigenvalue weighted by Gasteiger charge is -2.36. The summed E-state index contributed by atoms with van der Waals surface area (Å²) in [6.45, 7) is 6.67. The summed E-state index contributed by atoms with van der Waals surface area (Å²) in [6.07, 6.45) is 0.529. The van der Waals surface area contributed by atoms with Crippen LogP contribution in [-0.2, 0) is 11.3 Å². The molecule has 0 radical (unpaired) electrons. The molecule has 1 fully saturated rings. The van der Waals surface area contributed by atoms with E-state index in [2.05, 4.69) is 28.6 Å². The van der Waals surface area contributed by atoms with Crippen molar-refractivity contribution in [2.24, 2.45) is 0 Å². The molecular formula is C19H24FN3OS. The molecule has 3 rings (SSSR count). The monoisotopic (exact) mass is 361 g/mol. The Morgan fingerprint density at radius 3 is 2.52 bits per heavy atom. The number of piperazine rings is 1. The highest BCUT2D eigenvalue weighted by Gasteiger charge is 2.20. The molecule has 0 unspecified atom stereocenters. The zero-order valence-electron chi connectivity index (χ0n) is 14.5. The standard InChI is InChI=1S/C19H24FN3OS/c1-15-7-13-25-18(15)14-21-8-6-19(24)23-11-9-22(10-12-23)17-4-2-16(20)3-5-17/h2-5,7,13,21H,6,8-12,14H2,1H3. The number of nitrogens with zero attached hydrogens (tertiary/aromatic N) is 2. The molecule has 0 saturated carbocycles. The van der Waals surface area contributed by atoms with Crippen LogP contribution in [0, 0.1) is 12.7 Å². The van der Waals surface area contributed by atoms with E-state index in [1.807, 2.05) is 4.90 Å². The third-order valence-corrected chi connectivity index (χ3v) is 5.62. The first-order valence-corrected chi connectivity index (χ1v) is 9.53. The van der Waals surface area contributed by atoms with Gasteiger partial charge in [-0.25, -0.2) is 4.39 Å². The minimum Gasteiger partial charge on any atom is -0.368 e. The molecule has 2 aromatic rings. The van der Waals surface area contributed by atoms with Gasteiger partial charge in [-0.2, -0.15) is 0 Å². The first-order chi connectivity index (χ1) is 12.1. The molecule has 4 nitrogen and oxygen atoms in total. The Hall–Kier alpha value is -1.92. The molecule has 0 aliphatic carbocycles. The molecule has 134 valence electrons. The largest absolute Gasteiger partial charge is 0.368 e. The summed E-state index contributed by atoms with van der Waals surface area (Å²) >= 11 is 1.75. The van der Waals surface area contributed by atoms with Crippen molar-refractivity contribution in [3.8, 4) is 0 Å². The zero-order chi connectivity index (χ0) is 17.6. The Morgan fingerprint density at radius 2 is 1.88 bits per heavy atom. The van der Waals surface area contributed by atoms with Crippen LogP contribution in [0.2, 0.25) is 0 Å². The molecule has 6 heteroatoms. The lowest BCUT2D eigenvalue weighted by Crippen LogP contribution is -2.49. The van der Waals surface area contributed by atoms with Gasteiger partial charge in [0.15, 0.2) is 0 Å². The predicted octanol–water partition coefficient (Wildman–Crippen LogP) is 3.02. The van der Waals surface area contributed by atoms with Crippen LogP contribution in [0.25, 0.3) is 0 Å². The SMILES string of the molecule is Cc1ccsc1CNCCC(=O)N1CCN(c2ccc(F)cc2)CC1. The van der Waals surface area contributed by atoms with Crippen LogP contribution in [0.4, 0.5) is 10.1 Å². The second-order valence-electron chi connectivity index (χ2n) is 6.30. The van der Waals surface area contributed by atoms with Gasteiger partial charge < -0.3 is 15.1 Å². The van der Waals surface area contributed by atoms with E-state index in [4.69, 9.17) is 0 Å². The third-order valence-electron chi connectivity index (χ3n) is 4.59. The van der Waals surface area contributed by atoms with Crippen LogP contribution in [0.1, 0.15) is 16.9 Å². The Kier molecular flexibility index (Phi) is 6.04. The number of carbonyl (C=O) groups is 1. The molecule has 1 aromatic carbocycles. The van der Waals surface area contributed by atoms with E-state index in [-0.39, 0.29) is 11.7 Å². The number of carbonyl (C=O) groups excluding carboxylic acids is 1. The molecular weight excluding hydrogens is 337 g/mol. The van der Waals surface area contributed by atoms with Gasteiger partial charge in [-0.3, -0.25) is 4.79 Å². The summed E-state index contributed by atoms with van der Waals surface area (Å²) in [5, 5.41) is 5.45. The number of hydrogen-bond donors (Lipinski definition) is 1. The summed E-state index contributed by atoms with van der Waals surface area (Å²) in [6, 6.07) is 8.67. The van der Waals surface area contributed by atoms with Gasteiger partial charge in [-0.15, -0.1) is 11.3 Å². The Balaban J connectivity index is 1.38. The molecule has 0 spiro atoms. The van der Waals surface area contributed by atoms with Crippen molar-refractivity contribution in [1.29, 1.82) is 0 Å². The van der Waals surface area contributed by atoms with Gasteiger partial charge in [0.1, 0.15) is 5.82 Å². The van der Waals surface area contributed by atoms with Gasteiger partial charge in [0, 0.05) is 56.3 Å². The lowest BCUT2D eigenvalue weighted by molar-refractivity contribution is -0.131. The van der Waals surface area contributed by atoms with Crippen molar-refractivity contribution in [3.05, 3.63) is 52.0 Å². The Bertz CT molecular complexity index is 693. The van der Waals surface area contributed by atoms with Gasteiger partial charge in [0.25, 0.3) is 0 Å². The van der Waals surface area contributed by atoms with E-state index >= 15 is 0 Å². The van der Waals surface area contributed by atoms with Gasteiger partial charge in [-0.1, -0.05) is 0 Å². The first kappa shape index (κ1) is 17.9. The number of aryl methyl sites for hydroxylation is 1. The number of anilines is 1. The lowest BCUT2D eigenvalue weighted by atomic mass is 10.2. The van der Waals surface area contributed by atoms with E-state index in [0.29, 0.717) is 13.0 Å². The van der Waals surface area contributed by atoms with Crippen molar-refractivity contribution in [2.45, 2.75) is 19.9 Å². The second-order valence-corrected chi connectivity index (χ2v) is 7.30. The number of rotatable bonds is 6. The fourth-order valence-electron chi connectivity index (χ4n) is 3.01. The van der Waals surface area contributed by atoms with Crippen molar-refractivity contribution in [3.63, 3.8) is 0 Å². The molecule has 25 heavy (non-hydrogen) atoms. The second kappa shape index (κ2) is 8.45. The quantitative estimate of drug-likeness (QED) is 0.804. The maximum absolute atomic E-state index is 13.0. The summed E-state index contributed by atoms with van der Waals surface area (Å²) in [5.74, 6) is -0.0167. The van der Waals surface area contributed by atoms with Crippen molar-refractivity contribution in [2.75, 3.05) is 37.6 Å². The van der Waals surface area contributed by atoms with Gasteiger partial charge in [0.05, 0.1) is 0 Å². The number of nitrogens with one attached hydrogen (secondary N) is 1. The average Bonchev–Trinajstić information content (AvgIpc) is 3.04. The highest BCUT2D eigenvalue weighted by atomic mass is 32.1. The minimum absolute atomic E-state index is 0.203. The normalized spacial score (nSPS) is 14.8. The molecule has 0 atom stereocenters. The van der Waals surface area contributed by atoms with E-state index in [1.54, 1.807) is 23.5 Å². The van der Waals surface area contributed by atoms with Crippen molar-refractivity contribution in [1.82, 2.24) is 10.2 Å². The number of hydrogen-bond acceptors (Lipinski definition) is 4. The van der Waals surface area contributed by atoms with E-state index in [0.717, 1.165) is 38.4 Å². The number of thiophene rings is 1. The maximum atomic E-state index is 13.0. The molecule has 1 aliphatic rings. The summed E-state index contributed by atoms with van der Waals surface area (Å²) < 4.78 is 13.0. The molecule has 2 heterocycles. The fraction of sp³-hybridized carbons (Fsp3) is 0.421. The van der Waals surface area contributed by atoms with Gasteiger partial charge in [0.2, 0.25) is 5.91 Å². The molecule has 1 aliphatic heterocycles. The highest BCUT2D eigenvalue weighted by Crippen LogP contribution is 2.17. The van der Waals surface area contributed by atoms with Crippen LogP contribution in [0.3, 0.4) is 0 Å². The molecule has 1 N–H and O–H groups in total. The summed E-state index contributed by atoms with van der Waals surface area (Å²) in [4.78, 5) is 17.8. The minimum atomic E-state index is -0.220. The predicted molar refractivity (Wildman–Crippen MR) is 101 cm³/mol. The number of halogens is 1. The van der Waals surface area contributed by atoms with Crippen molar-refractivity contribution < 1.29 is 9.18 Å². The molecule has 1 amide bonds. The Labute approximate surface area is 152 Å². The van der Waals surface area contributed by atoms with E-state index in [9.17, 15) is 9.18 Å². The zero-order valence-corrected chi connectivity index (χ0v) is 15.3. The fourth-order valence-corrected chi connectivity index (χ4v) is 3.88. The molecule has 0 bridgehead atoms. The number of amides is 1. The topological polar surface area (TPSA) is 35.6 Å². The summed E-state index contributed by atoms with van der Waals surface area (Å²) in [5.41, 5.74) is 2.32. The van der Waals surface area contributed by atoms with Crippen LogP contribution in [0.5, 0.6) is 0 Å². The van der Waals surface area contributed by atoms with E-state index in [1.165, 1.54) is 22.6 Å². The highest BCUT2D eigenvalue weighted by molar-refractivity contribution is 7.10. The van der Waals surface area contributed by atoms with Crippen LogP contribution in [0.15, 0.2) is 35.7 Å². The molecule has 1 aromatic heterocycles.